The minimum absolute atomic E-state index is 0.343. The molecule has 0 unspecified atom stereocenters. The summed E-state index contributed by atoms with van der Waals surface area (Å²) in [6.07, 6.45) is 13.7. The Balaban J connectivity index is 1.94. The van der Waals surface area contributed by atoms with Crippen molar-refractivity contribution in [3.8, 4) is 33.8 Å². The van der Waals surface area contributed by atoms with Gasteiger partial charge in [0.2, 0.25) is 0 Å². The van der Waals surface area contributed by atoms with Gasteiger partial charge in [0, 0.05) is 10.9 Å². The molecule has 0 bridgehead atoms. The third-order valence-corrected chi connectivity index (χ3v) is 13.9. The number of benzene rings is 3. The van der Waals surface area contributed by atoms with Gasteiger partial charge in [-0.05, 0) is 100 Å². The van der Waals surface area contributed by atoms with Crippen molar-refractivity contribution in [2.75, 3.05) is 14.2 Å². The average Bonchev–Trinajstić information content (AvgIpc) is 3.04. The number of ether oxygens (including phenoxy) is 2. The average molecular weight is 613 g/mol. The molecule has 5 rings (SSSR count). The minimum atomic E-state index is -0.437. The standard InChI is InChI=1S/C41H57O2P/c1-27(2)33-26-34(28(3)4)39(37(29(5)6)38(33)30-18-12-9-13-19-30)40-35(42-7)24-25-36(43-8)41(40)44(31-20-14-10-15-21-31)32-22-16-11-17-23-32/h9,12-13,18-19,24-29,31-32H,10-11,14-17,20-23H2,1-8H3. The summed E-state index contributed by atoms with van der Waals surface area (Å²) >= 11 is 0. The van der Waals surface area contributed by atoms with Crippen molar-refractivity contribution in [2.24, 2.45) is 0 Å². The maximum Gasteiger partial charge on any atom is 0.127 e. The zero-order valence-electron chi connectivity index (χ0n) is 28.8. The van der Waals surface area contributed by atoms with Crippen LogP contribution in [0.1, 0.15) is 140 Å². The predicted octanol–water partition coefficient (Wildman–Crippen LogP) is 12.2. The number of methoxy groups -OCH3 is 2. The Labute approximate surface area is 270 Å². The van der Waals surface area contributed by atoms with Crippen LogP contribution in [0.15, 0.2) is 48.5 Å². The normalized spacial score (nSPS) is 16.8. The first-order chi connectivity index (χ1) is 21.3. The first-order valence-corrected chi connectivity index (χ1v) is 19.1. The highest BCUT2D eigenvalue weighted by Crippen LogP contribution is 2.60. The second-order valence-electron chi connectivity index (χ2n) is 14.2. The third kappa shape index (κ3) is 6.63. The lowest BCUT2D eigenvalue weighted by molar-refractivity contribution is 0.406. The highest BCUT2D eigenvalue weighted by molar-refractivity contribution is 7.67. The van der Waals surface area contributed by atoms with Gasteiger partial charge in [0.1, 0.15) is 11.5 Å². The molecule has 238 valence electrons. The Morgan fingerprint density at radius 3 is 1.55 bits per heavy atom. The molecular formula is C41H57O2P. The van der Waals surface area contributed by atoms with Gasteiger partial charge in [-0.3, -0.25) is 0 Å². The van der Waals surface area contributed by atoms with Crippen molar-refractivity contribution < 1.29 is 9.47 Å². The van der Waals surface area contributed by atoms with E-state index in [9.17, 15) is 0 Å². The summed E-state index contributed by atoms with van der Waals surface area (Å²) in [4.78, 5) is 0. The first-order valence-electron chi connectivity index (χ1n) is 17.6. The van der Waals surface area contributed by atoms with E-state index in [1.54, 1.807) is 0 Å². The maximum absolute atomic E-state index is 6.41. The van der Waals surface area contributed by atoms with E-state index in [-0.39, 0.29) is 0 Å². The second kappa shape index (κ2) is 14.9. The van der Waals surface area contributed by atoms with Crippen LogP contribution in [0.3, 0.4) is 0 Å². The molecular weight excluding hydrogens is 555 g/mol. The van der Waals surface area contributed by atoms with E-state index in [1.165, 1.54) is 108 Å². The molecule has 0 aliphatic heterocycles. The molecule has 0 atom stereocenters. The van der Waals surface area contributed by atoms with Crippen molar-refractivity contribution in [1.82, 2.24) is 0 Å². The van der Waals surface area contributed by atoms with Gasteiger partial charge < -0.3 is 9.47 Å². The molecule has 2 fully saturated rings. The minimum Gasteiger partial charge on any atom is -0.496 e. The lowest BCUT2D eigenvalue weighted by Gasteiger charge is -2.41. The van der Waals surface area contributed by atoms with Gasteiger partial charge in [-0.25, -0.2) is 0 Å². The molecule has 3 heteroatoms. The van der Waals surface area contributed by atoms with E-state index in [2.05, 4.69) is 90.1 Å². The van der Waals surface area contributed by atoms with E-state index < -0.39 is 7.92 Å². The van der Waals surface area contributed by atoms with Gasteiger partial charge in [0.15, 0.2) is 0 Å². The number of hydrogen-bond acceptors (Lipinski definition) is 2. The molecule has 0 saturated heterocycles. The molecule has 2 saturated carbocycles. The highest BCUT2D eigenvalue weighted by Gasteiger charge is 2.38. The van der Waals surface area contributed by atoms with Crippen LogP contribution in [0.2, 0.25) is 0 Å². The van der Waals surface area contributed by atoms with Crippen LogP contribution >= 0.6 is 7.92 Å². The molecule has 3 aromatic rings. The molecule has 0 heterocycles. The van der Waals surface area contributed by atoms with Crippen LogP contribution in [-0.4, -0.2) is 25.5 Å². The molecule has 0 amide bonds. The maximum atomic E-state index is 6.41. The van der Waals surface area contributed by atoms with E-state index in [4.69, 9.17) is 9.47 Å². The zero-order valence-corrected chi connectivity index (χ0v) is 29.7. The Morgan fingerprint density at radius 1 is 0.568 bits per heavy atom. The Morgan fingerprint density at radius 2 is 1.07 bits per heavy atom. The molecule has 0 N–H and O–H groups in total. The first kappa shape index (κ1) is 33.1. The summed E-state index contributed by atoms with van der Waals surface area (Å²) in [5.74, 6) is 3.24. The fourth-order valence-corrected chi connectivity index (χ4v) is 12.3. The molecule has 2 nitrogen and oxygen atoms in total. The Bertz CT molecular complexity index is 1360. The van der Waals surface area contributed by atoms with E-state index >= 15 is 0 Å². The summed E-state index contributed by atoms with van der Waals surface area (Å²) in [6, 6.07) is 18.1. The summed E-state index contributed by atoms with van der Waals surface area (Å²) in [5, 5.41) is 1.50. The van der Waals surface area contributed by atoms with Gasteiger partial charge in [0.25, 0.3) is 0 Å². The van der Waals surface area contributed by atoms with Crippen LogP contribution in [0.5, 0.6) is 11.5 Å². The lowest BCUT2D eigenvalue weighted by atomic mass is 9.76. The van der Waals surface area contributed by atoms with Crippen molar-refractivity contribution in [1.29, 1.82) is 0 Å². The fraction of sp³-hybridized carbons (Fsp3) is 0.561. The predicted molar refractivity (Wildman–Crippen MR) is 193 cm³/mol. The molecule has 0 aromatic heterocycles. The summed E-state index contributed by atoms with van der Waals surface area (Å²) in [6.45, 7) is 14.3. The van der Waals surface area contributed by atoms with Crippen molar-refractivity contribution in [3.63, 3.8) is 0 Å². The van der Waals surface area contributed by atoms with Crippen molar-refractivity contribution in [2.45, 2.75) is 135 Å². The van der Waals surface area contributed by atoms with Gasteiger partial charge in [-0.1, -0.05) is 124 Å². The lowest BCUT2D eigenvalue weighted by Crippen LogP contribution is -2.28. The molecule has 0 spiro atoms. The molecule has 2 aliphatic rings. The summed E-state index contributed by atoms with van der Waals surface area (Å²) in [7, 11) is 3.34. The molecule has 3 aromatic carbocycles. The van der Waals surface area contributed by atoms with E-state index in [0.29, 0.717) is 17.8 Å². The van der Waals surface area contributed by atoms with Crippen molar-refractivity contribution >= 4 is 13.2 Å². The van der Waals surface area contributed by atoms with Crippen LogP contribution in [0, 0.1) is 0 Å². The van der Waals surface area contributed by atoms with Gasteiger partial charge in [-0.2, -0.15) is 0 Å². The summed E-state index contributed by atoms with van der Waals surface area (Å²) in [5.41, 5.74) is 11.4. The van der Waals surface area contributed by atoms with E-state index in [0.717, 1.165) is 22.8 Å². The highest BCUT2D eigenvalue weighted by atomic mass is 31.1. The SMILES string of the molecule is COc1ccc(OC)c(P(C2CCCCC2)C2CCCCC2)c1-c1c(C(C)C)cc(C(C)C)c(-c2ccccc2)c1C(C)C. The van der Waals surface area contributed by atoms with Crippen LogP contribution < -0.4 is 14.8 Å². The smallest absolute Gasteiger partial charge is 0.127 e. The molecule has 2 aliphatic carbocycles. The topological polar surface area (TPSA) is 18.5 Å². The Kier molecular flexibility index (Phi) is 11.2. The van der Waals surface area contributed by atoms with E-state index in [1.807, 2.05) is 14.2 Å². The molecule has 44 heavy (non-hydrogen) atoms. The Hall–Kier alpha value is -2.31. The third-order valence-electron chi connectivity index (χ3n) is 10.3. The number of hydrogen-bond donors (Lipinski definition) is 0. The fourth-order valence-electron chi connectivity index (χ4n) is 8.21. The van der Waals surface area contributed by atoms with Crippen LogP contribution in [0.4, 0.5) is 0 Å². The van der Waals surface area contributed by atoms with Gasteiger partial charge in [0.05, 0.1) is 14.2 Å². The number of rotatable bonds is 10. The largest absolute Gasteiger partial charge is 0.496 e. The zero-order chi connectivity index (χ0) is 31.4. The second-order valence-corrected chi connectivity index (χ2v) is 17.0. The quantitative estimate of drug-likeness (QED) is 0.212. The summed E-state index contributed by atoms with van der Waals surface area (Å²) < 4.78 is 12.8. The van der Waals surface area contributed by atoms with Gasteiger partial charge in [-0.15, -0.1) is 0 Å². The monoisotopic (exact) mass is 612 g/mol. The van der Waals surface area contributed by atoms with Crippen LogP contribution in [0.25, 0.3) is 22.3 Å². The van der Waals surface area contributed by atoms with Crippen LogP contribution in [-0.2, 0) is 0 Å². The van der Waals surface area contributed by atoms with Crippen molar-refractivity contribution in [3.05, 3.63) is 65.2 Å². The van der Waals surface area contributed by atoms with Gasteiger partial charge >= 0.3 is 0 Å². The molecule has 0 radical (unpaired) electrons.